The molecule has 0 radical (unpaired) electrons. The summed E-state index contributed by atoms with van der Waals surface area (Å²) in [6.45, 7) is 2.60. The van der Waals surface area contributed by atoms with Crippen molar-refractivity contribution < 1.29 is 9.84 Å². The molecular formula is C14H16N2O2. The van der Waals surface area contributed by atoms with Crippen molar-refractivity contribution in [2.24, 2.45) is 7.05 Å². The topological polar surface area (TPSA) is 47.3 Å². The highest BCUT2D eigenvalue weighted by atomic mass is 16.5. The van der Waals surface area contributed by atoms with Crippen molar-refractivity contribution in [3.63, 3.8) is 0 Å². The van der Waals surface area contributed by atoms with Crippen molar-refractivity contribution in [3.05, 3.63) is 46.8 Å². The Morgan fingerprint density at radius 2 is 2.22 bits per heavy atom. The molecule has 4 nitrogen and oxygen atoms in total. The van der Waals surface area contributed by atoms with Gasteiger partial charge < -0.3 is 9.84 Å². The lowest BCUT2D eigenvalue weighted by molar-refractivity contribution is 0.213. The third kappa shape index (κ3) is 1.69. The smallest absolute Gasteiger partial charge is 0.128 e. The zero-order valence-corrected chi connectivity index (χ0v) is 10.6. The number of rotatable bonds is 2. The van der Waals surface area contributed by atoms with Gasteiger partial charge in [0.1, 0.15) is 11.9 Å². The number of aryl methyl sites for hydroxylation is 2. The second-order valence-electron chi connectivity index (χ2n) is 4.68. The summed E-state index contributed by atoms with van der Waals surface area (Å²) in [4.78, 5) is 0. The molecule has 0 saturated heterocycles. The monoisotopic (exact) mass is 244 g/mol. The Bertz CT molecular complexity index is 589. The maximum absolute atomic E-state index is 10.5. The molecule has 94 valence electrons. The molecule has 1 N–H and O–H groups in total. The maximum Gasteiger partial charge on any atom is 0.128 e. The highest BCUT2D eigenvalue weighted by Crippen LogP contribution is 2.36. The van der Waals surface area contributed by atoms with Crippen molar-refractivity contribution in [2.45, 2.75) is 19.4 Å². The van der Waals surface area contributed by atoms with Crippen LogP contribution in [0.4, 0.5) is 0 Å². The summed E-state index contributed by atoms with van der Waals surface area (Å²) in [5, 5.41) is 14.8. The van der Waals surface area contributed by atoms with E-state index in [0.29, 0.717) is 6.61 Å². The fraction of sp³-hybridized carbons (Fsp3) is 0.357. The first-order chi connectivity index (χ1) is 8.66. The highest BCUT2D eigenvalue weighted by Gasteiger charge is 2.23. The molecule has 0 fully saturated rings. The van der Waals surface area contributed by atoms with Gasteiger partial charge in [0, 0.05) is 30.8 Å². The van der Waals surface area contributed by atoms with Gasteiger partial charge in [-0.2, -0.15) is 5.10 Å². The van der Waals surface area contributed by atoms with E-state index < -0.39 is 6.10 Å². The number of aliphatic hydroxyl groups is 1. The van der Waals surface area contributed by atoms with E-state index in [1.165, 1.54) is 5.56 Å². The second kappa shape index (κ2) is 4.14. The zero-order chi connectivity index (χ0) is 12.7. The molecule has 0 amide bonds. The maximum atomic E-state index is 10.5. The summed E-state index contributed by atoms with van der Waals surface area (Å²) in [6.07, 6.45) is 2.10. The predicted molar refractivity (Wildman–Crippen MR) is 67.6 cm³/mol. The summed E-state index contributed by atoms with van der Waals surface area (Å²) in [5.74, 6) is 0.841. The van der Waals surface area contributed by atoms with Crippen LogP contribution in [0.25, 0.3) is 0 Å². The third-order valence-electron chi connectivity index (χ3n) is 3.39. The Labute approximate surface area is 106 Å². The SMILES string of the molecule is Cc1nn(C)cc1C(O)c1cccc2c1OCC2. The molecule has 2 aromatic rings. The number of hydrogen-bond acceptors (Lipinski definition) is 3. The van der Waals surface area contributed by atoms with E-state index in [4.69, 9.17) is 4.74 Å². The van der Waals surface area contributed by atoms with Crippen molar-refractivity contribution in [2.75, 3.05) is 6.61 Å². The van der Waals surface area contributed by atoms with E-state index in [2.05, 4.69) is 11.2 Å². The molecule has 0 aliphatic carbocycles. The lowest BCUT2D eigenvalue weighted by Gasteiger charge is -2.13. The van der Waals surface area contributed by atoms with Gasteiger partial charge in [0.25, 0.3) is 0 Å². The van der Waals surface area contributed by atoms with Crippen LogP contribution in [0.15, 0.2) is 24.4 Å². The Hall–Kier alpha value is -1.81. The molecule has 1 aliphatic rings. The molecule has 0 saturated carbocycles. The van der Waals surface area contributed by atoms with Crippen LogP contribution in [-0.2, 0) is 13.5 Å². The minimum Gasteiger partial charge on any atom is -0.493 e. The Morgan fingerprint density at radius 3 is 2.94 bits per heavy atom. The highest BCUT2D eigenvalue weighted by molar-refractivity contribution is 5.48. The van der Waals surface area contributed by atoms with Crippen LogP contribution >= 0.6 is 0 Å². The van der Waals surface area contributed by atoms with E-state index in [-0.39, 0.29) is 0 Å². The number of para-hydroxylation sites is 1. The third-order valence-corrected chi connectivity index (χ3v) is 3.39. The van der Waals surface area contributed by atoms with Crippen molar-refractivity contribution in [3.8, 4) is 5.75 Å². The molecule has 2 heterocycles. The van der Waals surface area contributed by atoms with Crippen molar-refractivity contribution in [1.82, 2.24) is 9.78 Å². The molecule has 4 heteroatoms. The summed E-state index contributed by atoms with van der Waals surface area (Å²) < 4.78 is 7.35. The van der Waals surface area contributed by atoms with E-state index in [1.54, 1.807) is 4.68 Å². The fourth-order valence-corrected chi connectivity index (χ4v) is 2.51. The fourth-order valence-electron chi connectivity index (χ4n) is 2.51. The number of aromatic nitrogens is 2. The van der Waals surface area contributed by atoms with Gasteiger partial charge in [-0.1, -0.05) is 18.2 Å². The van der Waals surface area contributed by atoms with Gasteiger partial charge >= 0.3 is 0 Å². The molecule has 18 heavy (non-hydrogen) atoms. The van der Waals surface area contributed by atoms with E-state index >= 15 is 0 Å². The first-order valence-electron chi connectivity index (χ1n) is 6.09. The van der Waals surface area contributed by atoms with Crippen LogP contribution in [0, 0.1) is 6.92 Å². The van der Waals surface area contributed by atoms with E-state index in [1.807, 2.05) is 32.3 Å². The first kappa shape index (κ1) is 11.3. The van der Waals surface area contributed by atoms with Gasteiger partial charge in [0.2, 0.25) is 0 Å². The minimum absolute atomic E-state index is 0.674. The number of fused-ring (bicyclic) bond motifs is 1. The normalized spacial score (nSPS) is 15.3. The van der Waals surface area contributed by atoms with Crippen molar-refractivity contribution >= 4 is 0 Å². The molecule has 1 atom stereocenters. The summed E-state index contributed by atoms with van der Waals surface area (Å²) in [5.41, 5.74) is 3.69. The van der Waals surface area contributed by atoms with Gasteiger partial charge in [-0.25, -0.2) is 0 Å². The predicted octanol–water partition coefficient (Wildman–Crippen LogP) is 1.75. The lowest BCUT2D eigenvalue weighted by atomic mass is 9.99. The summed E-state index contributed by atoms with van der Waals surface area (Å²) in [6, 6.07) is 5.94. The van der Waals surface area contributed by atoms with Crippen LogP contribution in [-0.4, -0.2) is 21.5 Å². The molecule has 0 bridgehead atoms. The Kier molecular flexibility index (Phi) is 2.59. The summed E-state index contributed by atoms with van der Waals surface area (Å²) in [7, 11) is 1.86. The van der Waals surface area contributed by atoms with Crippen LogP contribution in [0.3, 0.4) is 0 Å². The molecule has 0 spiro atoms. The molecule has 3 rings (SSSR count). The van der Waals surface area contributed by atoms with Gasteiger partial charge in [0.05, 0.1) is 12.3 Å². The van der Waals surface area contributed by atoms with Gasteiger partial charge in [-0.3, -0.25) is 4.68 Å². The number of hydrogen-bond donors (Lipinski definition) is 1. The lowest BCUT2D eigenvalue weighted by Crippen LogP contribution is -2.02. The number of ether oxygens (including phenoxy) is 1. The number of aliphatic hydroxyl groups excluding tert-OH is 1. The molecule has 1 aromatic carbocycles. The van der Waals surface area contributed by atoms with Crippen LogP contribution in [0.1, 0.15) is 28.5 Å². The second-order valence-corrected chi connectivity index (χ2v) is 4.68. The largest absolute Gasteiger partial charge is 0.493 e. The molecule has 1 aliphatic heterocycles. The van der Waals surface area contributed by atoms with E-state index in [0.717, 1.165) is 29.0 Å². The van der Waals surface area contributed by atoms with Crippen molar-refractivity contribution in [1.29, 1.82) is 0 Å². The summed E-state index contributed by atoms with van der Waals surface area (Å²) >= 11 is 0. The standard InChI is InChI=1S/C14H16N2O2/c1-9-12(8-16(2)15-9)13(17)11-5-3-4-10-6-7-18-14(10)11/h3-5,8,13,17H,6-7H2,1-2H3. The molecular weight excluding hydrogens is 228 g/mol. The molecule has 1 unspecified atom stereocenters. The average molecular weight is 244 g/mol. The quantitative estimate of drug-likeness (QED) is 0.875. The first-order valence-corrected chi connectivity index (χ1v) is 6.09. The Morgan fingerprint density at radius 1 is 1.39 bits per heavy atom. The average Bonchev–Trinajstić information content (AvgIpc) is 2.94. The molecule has 1 aromatic heterocycles. The zero-order valence-electron chi connectivity index (χ0n) is 10.6. The van der Waals surface area contributed by atoms with Crippen LogP contribution < -0.4 is 4.74 Å². The van der Waals surface area contributed by atoms with Gasteiger partial charge in [-0.05, 0) is 12.5 Å². The van der Waals surface area contributed by atoms with Crippen LogP contribution in [0.2, 0.25) is 0 Å². The van der Waals surface area contributed by atoms with E-state index in [9.17, 15) is 5.11 Å². The Balaban J connectivity index is 2.05. The number of benzene rings is 1. The van der Waals surface area contributed by atoms with Crippen LogP contribution in [0.5, 0.6) is 5.75 Å². The van der Waals surface area contributed by atoms with Gasteiger partial charge in [-0.15, -0.1) is 0 Å². The minimum atomic E-state index is -0.674. The van der Waals surface area contributed by atoms with Gasteiger partial charge in [0.15, 0.2) is 0 Å². The number of nitrogens with zero attached hydrogens (tertiary/aromatic N) is 2.